The SMILES string of the molecule is CC(C)(CO)C(=O)NC1CCC(n2nnc(-c3ccccc3)n2)CC1. The van der Waals surface area contributed by atoms with Crippen LogP contribution in [0.5, 0.6) is 0 Å². The Morgan fingerprint density at radius 1 is 1.24 bits per heavy atom. The molecule has 3 rings (SSSR count). The second-order valence-electron chi connectivity index (χ2n) is 7.32. The molecule has 7 heteroatoms. The number of rotatable bonds is 5. The van der Waals surface area contributed by atoms with Crippen LogP contribution >= 0.6 is 0 Å². The summed E-state index contributed by atoms with van der Waals surface area (Å²) in [6, 6.07) is 10.2. The number of aliphatic hydroxyl groups is 1. The second kappa shape index (κ2) is 7.31. The number of aliphatic hydroxyl groups excluding tert-OH is 1. The lowest BCUT2D eigenvalue weighted by Crippen LogP contribution is -2.45. The number of nitrogens with zero attached hydrogens (tertiary/aromatic N) is 4. The van der Waals surface area contributed by atoms with E-state index in [2.05, 4.69) is 20.7 Å². The van der Waals surface area contributed by atoms with E-state index in [9.17, 15) is 9.90 Å². The van der Waals surface area contributed by atoms with Gasteiger partial charge in [-0.3, -0.25) is 4.79 Å². The lowest BCUT2D eigenvalue weighted by atomic mass is 9.89. The van der Waals surface area contributed by atoms with Gasteiger partial charge < -0.3 is 10.4 Å². The number of nitrogens with one attached hydrogen (secondary N) is 1. The third-order valence-corrected chi connectivity index (χ3v) is 4.83. The summed E-state index contributed by atoms with van der Waals surface area (Å²) in [5.41, 5.74) is 0.218. The minimum absolute atomic E-state index is 0.0938. The highest BCUT2D eigenvalue weighted by atomic mass is 16.3. The number of hydrogen-bond acceptors (Lipinski definition) is 5. The van der Waals surface area contributed by atoms with Gasteiger partial charge >= 0.3 is 0 Å². The number of benzene rings is 1. The van der Waals surface area contributed by atoms with E-state index in [-0.39, 0.29) is 24.6 Å². The third-order valence-electron chi connectivity index (χ3n) is 4.83. The summed E-state index contributed by atoms with van der Waals surface area (Å²) in [5.74, 6) is 0.546. The molecule has 0 atom stereocenters. The van der Waals surface area contributed by atoms with E-state index in [0.29, 0.717) is 5.82 Å². The molecule has 0 bridgehead atoms. The molecule has 0 aliphatic heterocycles. The molecule has 134 valence electrons. The molecular weight excluding hydrogens is 318 g/mol. The van der Waals surface area contributed by atoms with Gasteiger partial charge in [0.05, 0.1) is 18.1 Å². The van der Waals surface area contributed by atoms with Gasteiger partial charge in [0.1, 0.15) is 0 Å². The van der Waals surface area contributed by atoms with E-state index >= 15 is 0 Å². The predicted molar refractivity (Wildman–Crippen MR) is 93.6 cm³/mol. The fourth-order valence-electron chi connectivity index (χ4n) is 2.99. The molecule has 1 heterocycles. The maximum absolute atomic E-state index is 12.2. The fraction of sp³-hybridized carbons (Fsp3) is 0.556. The van der Waals surface area contributed by atoms with Crippen LogP contribution in [0.3, 0.4) is 0 Å². The van der Waals surface area contributed by atoms with Crippen LogP contribution in [-0.4, -0.2) is 43.9 Å². The van der Waals surface area contributed by atoms with Gasteiger partial charge in [0.15, 0.2) is 0 Å². The number of aromatic nitrogens is 4. The zero-order valence-electron chi connectivity index (χ0n) is 14.7. The molecule has 0 radical (unpaired) electrons. The Balaban J connectivity index is 1.56. The van der Waals surface area contributed by atoms with E-state index in [4.69, 9.17) is 0 Å². The number of amides is 1. The van der Waals surface area contributed by atoms with Crippen molar-refractivity contribution in [1.82, 2.24) is 25.5 Å². The van der Waals surface area contributed by atoms with E-state index in [0.717, 1.165) is 31.2 Å². The van der Waals surface area contributed by atoms with Gasteiger partial charge in [0.25, 0.3) is 0 Å². The molecule has 0 unspecified atom stereocenters. The smallest absolute Gasteiger partial charge is 0.228 e. The monoisotopic (exact) mass is 343 g/mol. The van der Waals surface area contributed by atoms with Crippen LogP contribution in [0.2, 0.25) is 0 Å². The van der Waals surface area contributed by atoms with E-state index < -0.39 is 5.41 Å². The Morgan fingerprint density at radius 3 is 2.56 bits per heavy atom. The minimum Gasteiger partial charge on any atom is -0.395 e. The highest BCUT2D eigenvalue weighted by Crippen LogP contribution is 2.28. The first-order chi connectivity index (χ1) is 12.0. The summed E-state index contributed by atoms with van der Waals surface area (Å²) in [7, 11) is 0. The topological polar surface area (TPSA) is 92.9 Å². The number of tetrazole rings is 1. The summed E-state index contributed by atoms with van der Waals surface area (Å²) in [4.78, 5) is 13.9. The molecule has 1 aromatic carbocycles. The molecule has 0 saturated heterocycles. The van der Waals surface area contributed by atoms with Crippen LogP contribution in [0.4, 0.5) is 0 Å². The number of hydrogen-bond donors (Lipinski definition) is 2. The van der Waals surface area contributed by atoms with Gasteiger partial charge in [-0.05, 0) is 44.7 Å². The molecule has 7 nitrogen and oxygen atoms in total. The van der Waals surface area contributed by atoms with Crippen molar-refractivity contribution in [2.75, 3.05) is 6.61 Å². The van der Waals surface area contributed by atoms with E-state index in [1.807, 2.05) is 30.3 Å². The largest absolute Gasteiger partial charge is 0.395 e. The van der Waals surface area contributed by atoms with Gasteiger partial charge in [-0.2, -0.15) is 4.80 Å². The van der Waals surface area contributed by atoms with Crippen LogP contribution in [0.1, 0.15) is 45.6 Å². The van der Waals surface area contributed by atoms with Crippen molar-refractivity contribution in [3.05, 3.63) is 30.3 Å². The Kier molecular flexibility index (Phi) is 5.13. The predicted octanol–water partition coefficient (Wildman–Crippen LogP) is 1.96. The fourth-order valence-corrected chi connectivity index (χ4v) is 2.99. The Hall–Kier alpha value is -2.28. The Morgan fingerprint density at radius 2 is 1.92 bits per heavy atom. The van der Waals surface area contributed by atoms with Gasteiger partial charge in [-0.1, -0.05) is 30.3 Å². The normalized spacial score (nSPS) is 21.1. The lowest BCUT2D eigenvalue weighted by Gasteiger charge is -2.31. The van der Waals surface area contributed by atoms with Crippen molar-refractivity contribution >= 4 is 5.91 Å². The molecule has 2 N–H and O–H groups in total. The van der Waals surface area contributed by atoms with Gasteiger partial charge in [-0.15, -0.1) is 10.2 Å². The third kappa shape index (κ3) is 4.04. The molecular formula is C18H25N5O2. The highest BCUT2D eigenvalue weighted by molar-refractivity contribution is 5.82. The summed E-state index contributed by atoms with van der Waals surface area (Å²) in [6.07, 6.45) is 3.55. The van der Waals surface area contributed by atoms with E-state index in [1.54, 1.807) is 18.6 Å². The molecule has 25 heavy (non-hydrogen) atoms. The molecule has 0 spiro atoms. The van der Waals surface area contributed by atoms with Crippen LogP contribution in [0.25, 0.3) is 11.4 Å². The van der Waals surface area contributed by atoms with Gasteiger partial charge in [-0.25, -0.2) is 0 Å². The second-order valence-corrected chi connectivity index (χ2v) is 7.32. The van der Waals surface area contributed by atoms with Crippen molar-refractivity contribution in [3.63, 3.8) is 0 Å². The number of carbonyl (C=O) groups excluding carboxylic acids is 1. The van der Waals surface area contributed by atoms with Crippen LogP contribution in [0.15, 0.2) is 30.3 Å². The lowest BCUT2D eigenvalue weighted by molar-refractivity contribution is -0.132. The van der Waals surface area contributed by atoms with Crippen LogP contribution < -0.4 is 5.32 Å². The summed E-state index contributed by atoms with van der Waals surface area (Å²) >= 11 is 0. The maximum Gasteiger partial charge on any atom is 0.228 e. The van der Waals surface area contributed by atoms with Crippen LogP contribution in [-0.2, 0) is 4.79 Å². The Labute approximate surface area is 147 Å². The molecule has 2 aromatic rings. The first-order valence-electron chi connectivity index (χ1n) is 8.76. The summed E-state index contributed by atoms with van der Waals surface area (Å²) in [6.45, 7) is 3.34. The molecule has 1 aliphatic carbocycles. The minimum atomic E-state index is -0.741. The van der Waals surface area contributed by atoms with E-state index in [1.165, 1.54) is 0 Å². The quantitative estimate of drug-likeness (QED) is 0.866. The van der Waals surface area contributed by atoms with Crippen molar-refractivity contribution < 1.29 is 9.90 Å². The van der Waals surface area contributed by atoms with Crippen molar-refractivity contribution in [3.8, 4) is 11.4 Å². The zero-order valence-corrected chi connectivity index (χ0v) is 14.7. The van der Waals surface area contributed by atoms with Crippen molar-refractivity contribution in [2.45, 2.75) is 51.6 Å². The standard InChI is InChI=1S/C18H25N5O2/c1-18(2,12-24)17(25)19-14-8-10-15(11-9-14)23-21-16(20-22-23)13-6-4-3-5-7-13/h3-7,14-15,24H,8-12H2,1-2H3,(H,19,25). The average molecular weight is 343 g/mol. The molecule has 1 amide bonds. The highest BCUT2D eigenvalue weighted by Gasteiger charge is 2.31. The average Bonchev–Trinajstić information content (AvgIpc) is 3.13. The Bertz CT molecular complexity index is 705. The molecule has 1 aliphatic rings. The number of carbonyl (C=O) groups is 1. The van der Waals surface area contributed by atoms with Crippen LogP contribution in [0, 0.1) is 5.41 Å². The summed E-state index contributed by atoms with van der Waals surface area (Å²) in [5, 5.41) is 25.2. The van der Waals surface area contributed by atoms with Gasteiger partial charge in [0, 0.05) is 11.6 Å². The summed E-state index contributed by atoms with van der Waals surface area (Å²) < 4.78 is 0. The zero-order chi connectivity index (χ0) is 17.9. The molecule has 1 fully saturated rings. The first-order valence-corrected chi connectivity index (χ1v) is 8.76. The van der Waals surface area contributed by atoms with Crippen molar-refractivity contribution in [1.29, 1.82) is 0 Å². The van der Waals surface area contributed by atoms with Crippen molar-refractivity contribution in [2.24, 2.45) is 5.41 Å². The first kappa shape index (κ1) is 17.5. The molecule has 1 aromatic heterocycles. The molecule has 1 saturated carbocycles. The maximum atomic E-state index is 12.2. The van der Waals surface area contributed by atoms with Gasteiger partial charge in [0.2, 0.25) is 11.7 Å².